The summed E-state index contributed by atoms with van der Waals surface area (Å²) < 4.78 is 0. The standard InChI is InChI=1S/C17H26N2O/c1-17(2,3)14-6-4-13(5-7-14)16(20)12-19-10-8-15(18)9-11-19/h4-7,15H,8-12,18H2,1-3H3. The molecule has 0 radical (unpaired) electrons. The molecule has 0 saturated carbocycles. The second kappa shape index (κ2) is 6.06. The van der Waals surface area contributed by atoms with Crippen LogP contribution in [0, 0.1) is 0 Å². The van der Waals surface area contributed by atoms with Crippen molar-refractivity contribution in [2.45, 2.75) is 45.1 Å². The van der Waals surface area contributed by atoms with E-state index in [9.17, 15) is 4.79 Å². The van der Waals surface area contributed by atoms with E-state index in [1.54, 1.807) is 0 Å². The Morgan fingerprint density at radius 2 is 1.75 bits per heavy atom. The third kappa shape index (κ3) is 3.90. The first-order chi connectivity index (χ1) is 9.36. The molecular weight excluding hydrogens is 248 g/mol. The van der Waals surface area contributed by atoms with E-state index in [1.807, 2.05) is 12.1 Å². The van der Waals surface area contributed by atoms with Gasteiger partial charge in [0.05, 0.1) is 6.54 Å². The predicted octanol–water partition coefficient (Wildman–Crippen LogP) is 2.59. The summed E-state index contributed by atoms with van der Waals surface area (Å²) in [4.78, 5) is 14.5. The number of carbonyl (C=O) groups is 1. The molecule has 1 aromatic rings. The molecule has 2 rings (SSSR count). The first-order valence-corrected chi connectivity index (χ1v) is 7.48. The minimum absolute atomic E-state index is 0.130. The fourth-order valence-electron chi connectivity index (χ4n) is 2.56. The Hall–Kier alpha value is -1.19. The summed E-state index contributed by atoms with van der Waals surface area (Å²) in [5.41, 5.74) is 8.09. The van der Waals surface area contributed by atoms with E-state index in [4.69, 9.17) is 5.73 Å². The molecule has 20 heavy (non-hydrogen) atoms. The molecule has 1 aliphatic heterocycles. The van der Waals surface area contributed by atoms with Crippen LogP contribution in [0.5, 0.6) is 0 Å². The van der Waals surface area contributed by atoms with Gasteiger partial charge in [-0.3, -0.25) is 9.69 Å². The molecule has 1 heterocycles. The van der Waals surface area contributed by atoms with Crippen molar-refractivity contribution >= 4 is 5.78 Å². The number of hydrogen-bond acceptors (Lipinski definition) is 3. The van der Waals surface area contributed by atoms with Gasteiger partial charge >= 0.3 is 0 Å². The molecule has 1 fully saturated rings. The average Bonchev–Trinajstić information content (AvgIpc) is 2.40. The van der Waals surface area contributed by atoms with E-state index < -0.39 is 0 Å². The molecule has 0 amide bonds. The Kier molecular flexibility index (Phi) is 4.61. The molecule has 0 aromatic heterocycles. The normalized spacial score (nSPS) is 18.2. The number of carbonyl (C=O) groups excluding carboxylic acids is 1. The summed E-state index contributed by atoms with van der Waals surface area (Å²) >= 11 is 0. The highest BCUT2D eigenvalue weighted by Crippen LogP contribution is 2.22. The molecule has 0 bridgehead atoms. The van der Waals surface area contributed by atoms with Crippen LogP contribution in [0.1, 0.15) is 49.5 Å². The van der Waals surface area contributed by atoms with Gasteiger partial charge in [0.2, 0.25) is 0 Å². The van der Waals surface area contributed by atoms with Gasteiger partial charge in [0.15, 0.2) is 5.78 Å². The van der Waals surface area contributed by atoms with Crippen molar-refractivity contribution in [1.29, 1.82) is 0 Å². The maximum Gasteiger partial charge on any atom is 0.176 e. The fourth-order valence-corrected chi connectivity index (χ4v) is 2.56. The van der Waals surface area contributed by atoms with Crippen molar-refractivity contribution in [3.05, 3.63) is 35.4 Å². The molecule has 1 saturated heterocycles. The number of piperidine rings is 1. The lowest BCUT2D eigenvalue weighted by molar-refractivity contribution is 0.0910. The van der Waals surface area contributed by atoms with Crippen LogP contribution in [-0.4, -0.2) is 36.4 Å². The number of Topliss-reactive ketones (excluding diaryl/α,β-unsaturated/α-hetero) is 1. The van der Waals surface area contributed by atoms with Gasteiger partial charge in [0, 0.05) is 24.7 Å². The van der Waals surface area contributed by atoms with Gasteiger partial charge < -0.3 is 5.73 Å². The minimum atomic E-state index is 0.130. The quantitative estimate of drug-likeness (QED) is 0.862. The van der Waals surface area contributed by atoms with Crippen LogP contribution < -0.4 is 5.73 Å². The van der Waals surface area contributed by atoms with Gasteiger partial charge in [0.25, 0.3) is 0 Å². The van der Waals surface area contributed by atoms with Crippen molar-refractivity contribution in [1.82, 2.24) is 4.90 Å². The summed E-state index contributed by atoms with van der Waals surface area (Å²) in [7, 11) is 0. The van der Waals surface area contributed by atoms with Crippen molar-refractivity contribution in [2.75, 3.05) is 19.6 Å². The van der Waals surface area contributed by atoms with E-state index in [2.05, 4.69) is 37.8 Å². The van der Waals surface area contributed by atoms with Gasteiger partial charge in [-0.1, -0.05) is 45.0 Å². The monoisotopic (exact) mass is 274 g/mol. The molecule has 3 nitrogen and oxygen atoms in total. The van der Waals surface area contributed by atoms with Crippen LogP contribution in [0.15, 0.2) is 24.3 Å². The van der Waals surface area contributed by atoms with Crippen LogP contribution in [0.25, 0.3) is 0 Å². The fraction of sp³-hybridized carbons (Fsp3) is 0.588. The Labute approximate surface area is 122 Å². The lowest BCUT2D eigenvalue weighted by Gasteiger charge is -2.29. The zero-order valence-electron chi connectivity index (χ0n) is 12.9. The lowest BCUT2D eigenvalue weighted by Crippen LogP contribution is -2.41. The molecule has 0 aliphatic carbocycles. The van der Waals surface area contributed by atoms with Gasteiger partial charge in [0.1, 0.15) is 0 Å². The van der Waals surface area contributed by atoms with Crippen LogP contribution in [0.3, 0.4) is 0 Å². The average molecular weight is 274 g/mol. The van der Waals surface area contributed by atoms with Crippen LogP contribution >= 0.6 is 0 Å². The second-order valence-corrected chi connectivity index (χ2v) is 6.86. The maximum atomic E-state index is 12.3. The largest absolute Gasteiger partial charge is 0.328 e. The van der Waals surface area contributed by atoms with Gasteiger partial charge in [-0.15, -0.1) is 0 Å². The molecule has 1 aliphatic rings. The van der Waals surface area contributed by atoms with E-state index >= 15 is 0 Å². The van der Waals surface area contributed by atoms with Crippen LogP contribution in [0.2, 0.25) is 0 Å². The van der Waals surface area contributed by atoms with Crippen LogP contribution in [-0.2, 0) is 5.41 Å². The first kappa shape index (κ1) is 15.2. The Morgan fingerprint density at radius 3 is 2.25 bits per heavy atom. The summed E-state index contributed by atoms with van der Waals surface area (Å²) in [6.45, 7) is 8.93. The number of likely N-dealkylation sites (tertiary alicyclic amines) is 1. The number of hydrogen-bond donors (Lipinski definition) is 1. The maximum absolute atomic E-state index is 12.3. The number of nitrogens with zero attached hydrogens (tertiary/aromatic N) is 1. The van der Waals surface area contributed by atoms with Crippen LogP contribution in [0.4, 0.5) is 0 Å². The second-order valence-electron chi connectivity index (χ2n) is 6.86. The van der Waals surface area contributed by atoms with Crippen molar-refractivity contribution in [2.24, 2.45) is 5.73 Å². The topological polar surface area (TPSA) is 46.3 Å². The number of benzene rings is 1. The van der Waals surface area contributed by atoms with E-state index in [0.29, 0.717) is 12.6 Å². The molecule has 0 spiro atoms. The van der Waals surface area contributed by atoms with E-state index in [-0.39, 0.29) is 11.2 Å². The van der Waals surface area contributed by atoms with Crippen molar-refractivity contribution in [3.8, 4) is 0 Å². The highest BCUT2D eigenvalue weighted by Gasteiger charge is 2.19. The summed E-state index contributed by atoms with van der Waals surface area (Å²) in [6.07, 6.45) is 1.99. The van der Waals surface area contributed by atoms with E-state index in [1.165, 1.54) is 5.56 Å². The number of nitrogens with two attached hydrogens (primary N) is 1. The highest BCUT2D eigenvalue weighted by molar-refractivity contribution is 5.97. The first-order valence-electron chi connectivity index (χ1n) is 7.48. The summed E-state index contributed by atoms with van der Waals surface area (Å²) in [5, 5.41) is 0. The highest BCUT2D eigenvalue weighted by atomic mass is 16.1. The molecule has 0 atom stereocenters. The zero-order valence-corrected chi connectivity index (χ0v) is 12.9. The molecular formula is C17H26N2O. The lowest BCUT2D eigenvalue weighted by atomic mass is 9.86. The Bertz CT molecular complexity index is 451. The van der Waals surface area contributed by atoms with Gasteiger partial charge in [-0.2, -0.15) is 0 Å². The number of rotatable bonds is 3. The molecule has 3 heteroatoms. The predicted molar refractivity (Wildman–Crippen MR) is 83.1 cm³/mol. The Balaban J connectivity index is 1.96. The third-order valence-corrected chi connectivity index (χ3v) is 4.07. The van der Waals surface area contributed by atoms with Crippen molar-refractivity contribution in [3.63, 3.8) is 0 Å². The molecule has 110 valence electrons. The van der Waals surface area contributed by atoms with Gasteiger partial charge in [-0.25, -0.2) is 0 Å². The Morgan fingerprint density at radius 1 is 1.20 bits per heavy atom. The third-order valence-electron chi connectivity index (χ3n) is 4.07. The summed E-state index contributed by atoms with van der Waals surface area (Å²) in [5.74, 6) is 0.209. The SMILES string of the molecule is CC(C)(C)c1ccc(C(=O)CN2CCC(N)CC2)cc1. The number of ketones is 1. The van der Waals surface area contributed by atoms with Gasteiger partial charge in [-0.05, 0) is 23.8 Å². The smallest absolute Gasteiger partial charge is 0.176 e. The zero-order chi connectivity index (χ0) is 14.8. The molecule has 2 N–H and O–H groups in total. The molecule has 0 unspecified atom stereocenters. The molecule has 1 aromatic carbocycles. The summed E-state index contributed by atoms with van der Waals surface area (Å²) in [6, 6.07) is 8.36. The minimum Gasteiger partial charge on any atom is -0.328 e. The van der Waals surface area contributed by atoms with Crippen molar-refractivity contribution < 1.29 is 4.79 Å². The van der Waals surface area contributed by atoms with E-state index in [0.717, 1.165) is 31.5 Å².